The number of hydrogen-bond donors (Lipinski definition) is 1. The topological polar surface area (TPSA) is 81.2 Å². The second-order valence-corrected chi connectivity index (χ2v) is 15.0. The van der Waals surface area contributed by atoms with Crippen LogP contribution in [0, 0.1) is 17.8 Å². The molecule has 42 heavy (non-hydrogen) atoms. The van der Waals surface area contributed by atoms with Crippen molar-refractivity contribution in [1.82, 2.24) is 9.80 Å². The Morgan fingerprint density at radius 1 is 1.07 bits per heavy atom. The van der Waals surface area contributed by atoms with E-state index in [1.54, 1.807) is 33.7 Å². The summed E-state index contributed by atoms with van der Waals surface area (Å²) in [6.45, 7) is 14.5. The zero-order valence-electron chi connectivity index (χ0n) is 25.4. The standard InChI is InChI=1S/C34H47N3O4S/c1-6-20-35(24-14-10-8-11-15-24)30(39)27-28-31(40)37(26(22-38)23(3)4)29(34(28)19-18-33(27,5)42-34)32(41)36(21-7-2)25-16-12-9-13-17-25/h6-8,10-11,14-15,23,25-29,38H,1-2,9,12-13,16-22H2,3-5H3/t26-,27+,28-,29?,33-,34?/m0/s1. The van der Waals surface area contributed by atoms with Crippen molar-refractivity contribution in [1.29, 1.82) is 0 Å². The van der Waals surface area contributed by atoms with E-state index in [0.29, 0.717) is 19.5 Å². The molecule has 3 aliphatic heterocycles. The number of thioether (sulfide) groups is 1. The van der Waals surface area contributed by atoms with Crippen LogP contribution in [0.3, 0.4) is 0 Å². The van der Waals surface area contributed by atoms with Gasteiger partial charge < -0.3 is 19.8 Å². The normalized spacial score (nSPS) is 31.2. The Morgan fingerprint density at radius 2 is 1.74 bits per heavy atom. The fourth-order valence-corrected chi connectivity index (χ4v) is 10.7. The van der Waals surface area contributed by atoms with Gasteiger partial charge in [-0.15, -0.1) is 24.9 Å². The van der Waals surface area contributed by atoms with E-state index in [1.165, 1.54) is 6.42 Å². The fourth-order valence-electron chi connectivity index (χ4n) is 8.33. The molecule has 1 saturated carbocycles. The van der Waals surface area contributed by atoms with Crippen LogP contribution in [0.5, 0.6) is 0 Å². The van der Waals surface area contributed by atoms with Crippen molar-refractivity contribution < 1.29 is 19.5 Å². The van der Waals surface area contributed by atoms with Gasteiger partial charge in [-0.05, 0) is 50.7 Å². The van der Waals surface area contributed by atoms with Crippen LogP contribution in [0.2, 0.25) is 0 Å². The Hall–Kier alpha value is -2.58. The third-order valence-electron chi connectivity index (χ3n) is 10.3. The lowest BCUT2D eigenvalue weighted by molar-refractivity contribution is -0.148. The SMILES string of the molecule is C=CCN(C(=O)[C@H]1[C@H]2C(=O)N([C@@H](CO)C(C)C)C(C(=O)N(CC=C)C3CCCCC3)C23CC[C@]1(C)S3)c1ccccc1. The average molecular weight is 594 g/mol. The minimum atomic E-state index is -0.731. The van der Waals surface area contributed by atoms with Gasteiger partial charge >= 0.3 is 0 Å². The molecule has 1 aromatic rings. The van der Waals surface area contributed by atoms with Crippen LogP contribution in [0.4, 0.5) is 5.69 Å². The van der Waals surface area contributed by atoms with E-state index in [1.807, 2.05) is 49.1 Å². The Balaban J connectivity index is 1.61. The number of rotatable bonds is 11. The van der Waals surface area contributed by atoms with Crippen molar-refractivity contribution in [3.63, 3.8) is 0 Å². The number of anilines is 1. The molecule has 2 bridgehead atoms. The molecule has 4 aliphatic rings. The van der Waals surface area contributed by atoms with Crippen LogP contribution in [-0.2, 0) is 14.4 Å². The van der Waals surface area contributed by atoms with E-state index >= 15 is 0 Å². The lowest BCUT2D eigenvalue weighted by Gasteiger charge is -2.43. The van der Waals surface area contributed by atoms with Gasteiger partial charge in [0.05, 0.1) is 29.2 Å². The lowest BCUT2D eigenvalue weighted by atomic mass is 9.66. The van der Waals surface area contributed by atoms with Crippen molar-refractivity contribution in [3.05, 3.63) is 55.6 Å². The summed E-state index contributed by atoms with van der Waals surface area (Å²) in [4.78, 5) is 49.6. The van der Waals surface area contributed by atoms with Crippen molar-refractivity contribution in [2.24, 2.45) is 17.8 Å². The van der Waals surface area contributed by atoms with Crippen LogP contribution in [-0.4, -0.2) is 79.9 Å². The largest absolute Gasteiger partial charge is 0.394 e. The second-order valence-electron chi connectivity index (χ2n) is 13.1. The van der Waals surface area contributed by atoms with E-state index in [9.17, 15) is 19.5 Å². The maximum atomic E-state index is 14.9. The summed E-state index contributed by atoms with van der Waals surface area (Å²) in [5, 5.41) is 10.6. The van der Waals surface area contributed by atoms with Gasteiger partial charge in [-0.3, -0.25) is 14.4 Å². The second kappa shape index (κ2) is 12.2. The summed E-state index contributed by atoms with van der Waals surface area (Å²) in [7, 11) is 0. The molecule has 1 aliphatic carbocycles. The molecule has 6 atom stereocenters. The molecule has 8 heteroatoms. The maximum Gasteiger partial charge on any atom is 0.247 e. The Labute approximate surface area is 255 Å². The first-order valence-corrected chi connectivity index (χ1v) is 16.5. The van der Waals surface area contributed by atoms with Crippen LogP contribution < -0.4 is 4.90 Å². The highest BCUT2D eigenvalue weighted by Gasteiger charge is 2.78. The van der Waals surface area contributed by atoms with Gasteiger partial charge in [0.2, 0.25) is 17.7 Å². The Bertz CT molecular complexity index is 1200. The summed E-state index contributed by atoms with van der Waals surface area (Å²) < 4.78 is -1.20. The number of amides is 3. The first-order chi connectivity index (χ1) is 20.1. The molecule has 228 valence electrons. The molecule has 3 heterocycles. The third-order valence-corrected chi connectivity index (χ3v) is 12.3. The predicted octanol–water partition coefficient (Wildman–Crippen LogP) is 5.05. The Morgan fingerprint density at radius 3 is 2.33 bits per heavy atom. The number of fused-ring (bicyclic) bond motifs is 1. The highest BCUT2D eigenvalue weighted by Crippen LogP contribution is 2.72. The van der Waals surface area contributed by atoms with E-state index in [0.717, 1.165) is 37.8 Å². The van der Waals surface area contributed by atoms with E-state index < -0.39 is 33.4 Å². The van der Waals surface area contributed by atoms with Gasteiger partial charge in [-0.25, -0.2) is 0 Å². The monoisotopic (exact) mass is 593 g/mol. The molecule has 4 fully saturated rings. The number of carbonyl (C=O) groups excluding carboxylic acids is 3. The zero-order valence-corrected chi connectivity index (χ0v) is 26.2. The number of aliphatic hydroxyl groups is 1. The van der Waals surface area contributed by atoms with Crippen molar-refractivity contribution in [2.75, 3.05) is 24.6 Å². The van der Waals surface area contributed by atoms with Gasteiger partial charge in [0.15, 0.2) is 0 Å². The molecule has 1 spiro atoms. The number of nitrogens with zero attached hydrogens (tertiary/aromatic N) is 3. The van der Waals surface area contributed by atoms with Crippen molar-refractivity contribution in [3.8, 4) is 0 Å². The van der Waals surface area contributed by atoms with Crippen LogP contribution >= 0.6 is 11.8 Å². The van der Waals surface area contributed by atoms with E-state index in [2.05, 4.69) is 20.1 Å². The van der Waals surface area contributed by atoms with Gasteiger partial charge in [0.25, 0.3) is 0 Å². The van der Waals surface area contributed by atoms with Gasteiger partial charge in [0, 0.05) is 29.6 Å². The summed E-state index contributed by atoms with van der Waals surface area (Å²) in [6, 6.07) is 8.42. The molecule has 1 N–H and O–H groups in total. The summed E-state index contributed by atoms with van der Waals surface area (Å²) in [6.07, 6.45) is 10.2. The van der Waals surface area contributed by atoms with Crippen LogP contribution in [0.15, 0.2) is 55.6 Å². The molecule has 7 nitrogen and oxygen atoms in total. The smallest absolute Gasteiger partial charge is 0.247 e. The summed E-state index contributed by atoms with van der Waals surface area (Å²) in [5.74, 6) is -1.58. The first-order valence-electron chi connectivity index (χ1n) is 15.7. The van der Waals surface area contributed by atoms with Gasteiger partial charge in [0.1, 0.15) is 6.04 Å². The molecule has 2 unspecified atom stereocenters. The molecule has 0 aromatic heterocycles. The van der Waals surface area contributed by atoms with E-state index in [-0.39, 0.29) is 36.3 Å². The summed E-state index contributed by atoms with van der Waals surface area (Å²) >= 11 is 1.69. The fraction of sp³-hybridized carbons (Fsp3) is 0.618. The number of benzene rings is 1. The number of likely N-dealkylation sites (tertiary alicyclic amines) is 1. The molecular formula is C34H47N3O4S. The number of hydrogen-bond acceptors (Lipinski definition) is 5. The lowest BCUT2D eigenvalue weighted by Crippen LogP contribution is -2.60. The van der Waals surface area contributed by atoms with Crippen molar-refractivity contribution >= 4 is 35.2 Å². The molecular weight excluding hydrogens is 546 g/mol. The van der Waals surface area contributed by atoms with Gasteiger partial charge in [-0.1, -0.05) is 63.5 Å². The molecule has 3 saturated heterocycles. The average Bonchev–Trinajstić information content (AvgIpc) is 3.56. The highest BCUT2D eigenvalue weighted by atomic mass is 32.2. The predicted molar refractivity (Wildman–Crippen MR) is 169 cm³/mol. The van der Waals surface area contributed by atoms with Crippen LogP contribution in [0.25, 0.3) is 0 Å². The first kappa shape index (κ1) is 30.9. The molecule has 3 amide bonds. The molecule has 1 aromatic carbocycles. The number of para-hydroxylation sites is 1. The zero-order chi connectivity index (χ0) is 30.2. The minimum Gasteiger partial charge on any atom is -0.394 e. The van der Waals surface area contributed by atoms with E-state index in [4.69, 9.17) is 0 Å². The molecule has 5 rings (SSSR count). The molecule has 0 radical (unpaired) electrons. The summed E-state index contributed by atoms with van der Waals surface area (Å²) in [5.41, 5.74) is 0.771. The Kier molecular flexibility index (Phi) is 8.96. The minimum absolute atomic E-state index is 0.0485. The third kappa shape index (κ3) is 4.92. The maximum absolute atomic E-state index is 14.9. The van der Waals surface area contributed by atoms with Crippen LogP contribution in [0.1, 0.15) is 65.7 Å². The van der Waals surface area contributed by atoms with Crippen molar-refractivity contribution in [2.45, 2.75) is 93.3 Å². The quantitative estimate of drug-likeness (QED) is 0.363. The van der Waals surface area contributed by atoms with Gasteiger partial charge in [-0.2, -0.15) is 0 Å². The number of carbonyl (C=O) groups is 3. The highest BCUT2D eigenvalue weighted by molar-refractivity contribution is 8.02. The number of aliphatic hydroxyl groups excluding tert-OH is 1.